The third-order valence-corrected chi connectivity index (χ3v) is 3.83. The minimum absolute atomic E-state index is 0.0134. The minimum Gasteiger partial charge on any atom is -0.478 e. The number of nitrogens with zero attached hydrogens (tertiary/aromatic N) is 5. The van der Waals surface area contributed by atoms with Gasteiger partial charge in [0, 0.05) is 13.0 Å². The average molecular weight is 276 g/mol. The standard InChI is InChI=1S/C13H20N6O/c1-9(19-8-10(14)13(17-19)20-2)12-16-15-11-6-4-3-5-7-18(11)12/h8-9H,3-7,14H2,1-2H3. The van der Waals surface area contributed by atoms with Gasteiger partial charge in [0.05, 0.1) is 13.3 Å². The first kappa shape index (κ1) is 13.0. The Morgan fingerprint density at radius 3 is 2.90 bits per heavy atom. The lowest BCUT2D eigenvalue weighted by Crippen LogP contribution is -2.15. The van der Waals surface area contributed by atoms with Crippen molar-refractivity contribution in [1.29, 1.82) is 0 Å². The van der Waals surface area contributed by atoms with Crippen molar-refractivity contribution in [1.82, 2.24) is 24.5 Å². The van der Waals surface area contributed by atoms with Crippen molar-refractivity contribution in [2.45, 2.75) is 45.2 Å². The van der Waals surface area contributed by atoms with Gasteiger partial charge in [-0.1, -0.05) is 6.42 Å². The molecule has 3 heterocycles. The molecule has 7 nitrogen and oxygen atoms in total. The number of nitrogens with two attached hydrogens (primary N) is 1. The number of hydrogen-bond acceptors (Lipinski definition) is 5. The largest absolute Gasteiger partial charge is 0.478 e. The SMILES string of the molecule is COc1nn(C(C)c2nnc3n2CCCCC3)cc1N. The van der Waals surface area contributed by atoms with Gasteiger partial charge in [-0.3, -0.25) is 4.68 Å². The summed E-state index contributed by atoms with van der Waals surface area (Å²) in [7, 11) is 1.57. The van der Waals surface area contributed by atoms with Crippen LogP contribution >= 0.6 is 0 Å². The molecule has 0 fully saturated rings. The summed E-state index contributed by atoms with van der Waals surface area (Å²) in [5, 5.41) is 13.0. The van der Waals surface area contributed by atoms with Crippen LogP contribution in [0.1, 0.15) is 43.9 Å². The lowest BCUT2D eigenvalue weighted by atomic mass is 10.2. The molecule has 0 saturated heterocycles. The predicted molar refractivity (Wildman–Crippen MR) is 74.6 cm³/mol. The molecule has 0 aromatic carbocycles. The summed E-state index contributed by atoms with van der Waals surface area (Å²) in [6.07, 6.45) is 6.40. The second kappa shape index (κ2) is 5.15. The summed E-state index contributed by atoms with van der Waals surface area (Å²) in [5.41, 5.74) is 6.39. The summed E-state index contributed by atoms with van der Waals surface area (Å²) in [5.74, 6) is 2.47. The van der Waals surface area contributed by atoms with E-state index in [2.05, 4.69) is 19.9 Å². The van der Waals surface area contributed by atoms with Gasteiger partial charge in [0.15, 0.2) is 5.82 Å². The number of aromatic nitrogens is 5. The maximum atomic E-state index is 5.85. The van der Waals surface area contributed by atoms with Crippen molar-refractivity contribution < 1.29 is 4.74 Å². The molecule has 1 aliphatic rings. The first-order valence-electron chi connectivity index (χ1n) is 7.01. The molecule has 3 rings (SSSR count). The molecule has 0 amide bonds. The first-order chi connectivity index (χ1) is 9.70. The van der Waals surface area contributed by atoms with Gasteiger partial charge in [-0.15, -0.1) is 15.3 Å². The molecule has 108 valence electrons. The number of nitrogen functional groups attached to an aromatic ring is 1. The number of rotatable bonds is 3. The molecule has 1 unspecified atom stereocenters. The van der Waals surface area contributed by atoms with Crippen LogP contribution in [-0.2, 0) is 13.0 Å². The third kappa shape index (κ3) is 2.13. The van der Waals surface area contributed by atoms with Crippen molar-refractivity contribution in [3.63, 3.8) is 0 Å². The van der Waals surface area contributed by atoms with Gasteiger partial charge in [0.25, 0.3) is 5.88 Å². The molecule has 2 aromatic rings. The Morgan fingerprint density at radius 2 is 2.15 bits per heavy atom. The number of aryl methyl sites for hydroxylation is 1. The topological polar surface area (TPSA) is 83.8 Å². The van der Waals surface area contributed by atoms with Gasteiger partial charge in [-0.05, 0) is 19.8 Å². The van der Waals surface area contributed by atoms with E-state index in [1.807, 2.05) is 6.92 Å². The predicted octanol–water partition coefficient (Wildman–Crippen LogP) is 1.40. The lowest BCUT2D eigenvalue weighted by Gasteiger charge is -2.13. The molecule has 20 heavy (non-hydrogen) atoms. The van der Waals surface area contributed by atoms with Crippen LogP contribution in [0.15, 0.2) is 6.20 Å². The van der Waals surface area contributed by atoms with Crippen molar-refractivity contribution in [3.8, 4) is 5.88 Å². The molecule has 0 radical (unpaired) electrons. The molecule has 2 aromatic heterocycles. The summed E-state index contributed by atoms with van der Waals surface area (Å²) in [6, 6.07) is -0.0134. The highest BCUT2D eigenvalue weighted by Crippen LogP contribution is 2.25. The Bertz CT molecular complexity index is 602. The van der Waals surface area contributed by atoms with E-state index in [1.54, 1.807) is 18.0 Å². The second-order valence-electron chi connectivity index (χ2n) is 5.19. The Morgan fingerprint density at radius 1 is 1.30 bits per heavy atom. The molecular formula is C13H20N6O. The molecule has 2 N–H and O–H groups in total. The zero-order valence-electron chi connectivity index (χ0n) is 11.9. The monoisotopic (exact) mass is 276 g/mol. The molecule has 7 heteroatoms. The van der Waals surface area contributed by atoms with Crippen LogP contribution in [0.2, 0.25) is 0 Å². The van der Waals surface area contributed by atoms with E-state index in [0.29, 0.717) is 11.6 Å². The van der Waals surface area contributed by atoms with Crippen LogP contribution in [-0.4, -0.2) is 31.7 Å². The fraction of sp³-hybridized carbons (Fsp3) is 0.615. The Balaban J connectivity index is 1.93. The van der Waals surface area contributed by atoms with E-state index in [4.69, 9.17) is 10.5 Å². The smallest absolute Gasteiger partial charge is 0.256 e. The molecule has 0 bridgehead atoms. The Kier molecular flexibility index (Phi) is 3.33. The number of anilines is 1. The van der Waals surface area contributed by atoms with Gasteiger partial charge < -0.3 is 15.0 Å². The van der Waals surface area contributed by atoms with E-state index in [-0.39, 0.29) is 6.04 Å². The van der Waals surface area contributed by atoms with Crippen molar-refractivity contribution >= 4 is 5.69 Å². The van der Waals surface area contributed by atoms with E-state index in [9.17, 15) is 0 Å². The highest BCUT2D eigenvalue weighted by molar-refractivity contribution is 5.46. The van der Waals surface area contributed by atoms with Crippen LogP contribution in [0.4, 0.5) is 5.69 Å². The first-order valence-corrected chi connectivity index (χ1v) is 7.01. The summed E-state index contributed by atoms with van der Waals surface area (Å²) < 4.78 is 9.14. The number of fused-ring (bicyclic) bond motifs is 1. The minimum atomic E-state index is -0.0134. The normalized spacial score (nSPS) is 16.5. The van der Waals surface area contributed by atoms with Gasteiger partial charge in [-0.2, -0.15) is 0 Å². The summed E-state index contributed by atoms with van der Waals surface area (Å²) in [4.78, 5) is 0. The zero-order valence-corrected chi connectivity index (χ0v) is 11.9. The van der Waals surface area contributed by atoms with Gasteiger partial charge in [0.1, 0.15) is 17.6 Å². The Hall–Kier alpha value is -2.05. The third-order valence-electron chi connectivity index (χ3n) is 3.83. The van der Waals surface area contributed by atoms with E-state index in [0.717, 1.165) is 24.6 Å². The summed E-state index contributed by atoms with van der Waals surface area (Å²) >= 11 is 0. The molecule has 1 aliphatic heterocycles. The summed E-state index contributed by atoms with van der Waals surface area (Å²) in [6.45, 7) is 3.03. The van der Waals surface area contributed by atoms with Crippen LogP contribution in [0, 0.1) is 0 Å². The fourth-order valence-corrected chi connectivity index (χ4v) is 2.68. The van der Waals surface area contributed by atoms with Crippen molar-refractivity contribution in [2.24, 2.45) is 0 Å². The fourth-order valence-electron chi connectivity index (χ4n) is 2.68. The second-order valence-corrected chi connectivity index (χ2v) is 5.19. The van der Waals surface area contributed by atoms with Crippen LogP contribution < -0.4 is 10.5 Å². The zero-order chi connectivity index (χ0) is 14.1. The maximum Gasteiger partial charge on any atom is 0.256 e. The molecule has 0 spiro atoms. The molecule has 0 saturated carbocycles. The average Bonchev–Trinajstić information content (AvgIpc) is 2.94. The van der Waals surface area contributed by atoms with Gasteiger partial charge in [-0.25, -0.2) is 0 Å². The number of hydrogen-bond donors (Lipinski definition) is 1. The van der Waals surface area contributed by atoms with Gasteiger partial charge in [0.2, 0.25) is 0 Å². The Labute approximate surface area is 117 Å². The maximum absolute atomic E-state index is 5.85. The van der Waals surface area contributed by atoms with E-state index >= 15 is 0 Å². The number of methoxy groups -OCH3 is 1. The number of ether oxygens (including phenoxy) is 1. The van der Waals surface area contributed by atoms with Crippen LogP contribution in [0.25, 0.3) is 0 Å². The van der Waals surface area contributed by atoms with Crippen LogP contribution in [0.3, 0.4) is 0 Å². The van der Waals surface area contributed by atoms with E-state index < -0.39 is 0 Å². The van der Waals surface area contributed by atoms with E-state index in [1.165, 1.54) is 19.3 Å². The molecular weight excluding hydrogens is 256 g/mol. The lowest BCUT2D eigenvalue weighted by molar-refractivity contribution is 0.383. The van der Waals surface area contributed by atoms with Crippen molar-refractivity contribution in [3.05, 3.63) is 17.8 Å². The highest BCUT2D eigenvalue weighted by atomic mass is 16.5. The van der Waals surface area contributed by atoms with Crippen LogP contribution in [0.5, 0.6) is 5.88 Å². The molecule has 1 atom stereocenters. The quantitative estimate of drug-likeness (QED) is 0.916. The highest BCUT2D eigenvalue weighted by Gasteiger charge is 2.22. The van der Waals surface area contributed by atoms with Crippen molar-refractivity contribution in [2.75, 3.05) is 12.8 Å². The van der Waals surface area contributed by atoms with Gasteiger partial charge >= 0.3 is 0 Å². The molecule has 0 aliphatic carbocycles.